The lowest BCUT2D eigenvalue weighted by molar-refractivity contribution is 0.0785. The van der Waals surface area contributed by atoms with E-state index >= 15 is 0 Å². The molecule has 0 radical (unpaired) electrons. The van der Waals surface area contributed by atoms with Crippen LogP contribution in [0.25, 0.3) is 11.3 Å². The maximum absolute atomic E-state index is 13.1. The molecule has 0 aliphatic heterocycles. The van der Waals surface area contributed by atoms with E-state index in [1.165, 1.54) is 37.7 Å². The fourth-order valence-corrected chi connectivity index (χ4v) is 5.72. The summed E-state index contributed by atoms with van der Waals surface area (Å²) in [5, 5.41) is 18.7. The number of carbonyl (C=O) groups is 1. The molecule has 2 aromatic rings. The molecule has 1 heterocycles. The van der Waals surface area contributed by atoms with E-state index in [-0.39, 0.29) is 23.6 Å². The number of sulfonamides is 1. The molecule has 1 aromatic carbocycles. The predicted molar refractivity (Wildman–Crippen MR) is 143 cm³/mol. The summed E-state index contributed by atoms with van der Waals surface area (Å²) in [5.41, 5.74) is 4.61. The Labute approximate surface area is 215 Å². The van der Waals surface area contributed by atoms with Crippen molar-refractivity contribution in [1.82, 2.24) is 9.88 Å². The fraction of sp³-hybridized carbons (Fsp3) is 0.607. The Balaban J connectivity index is 1.77. The first-order valence-corrected chi connectivity index (χ1v) is 14.9. The van der Waals surface area contributed by atoms with Crippen LogP contribution in [0.3, 0.4) is 0 Å². The van der Waals surface area contributed by atoms with Gasteiger partial charge >= 0.3 is 0 Å². The Kier molecular flexibility index (Phi) is 7.43. The van der Waals surface area contributed by atoms with Crippen LogP contribution < -0.4 is 10.5 Å². The monoisotopic (exact) mass is 515 g/mol. The Hall–Kier alpha value is -2.16. The maximum atomic E-state index is 13.1. The summed E-state index contributed by atoms with van der Waals surface area (Å²) in [6.45, 7) is 8.65. The Morgan fingerprint density at radius 3 is 2.42 bits per heavy atom. The van der Waals surface area contributed by atoms with Gasteiger partial charge in [-0.2, -0.15) is 0 Å². The number of nitrogens with zero attached hydrogens (tertiary/aromatic N) is 1. The minimum absolute atomic E-state index is 0.0308. The molecule has 2 fully saturated rings. The van der Waals surface area contributed by atoms with Crippen molar-refractivity contribution in [2.45, 2.75) is 90.2 Å². The van der Waals surface area contributed by atoms with Gasteiger partial charge in [-0.25, -0.2) is 13.6 Å². The van der Waals surface area contributed by atoms with E-state index in [0.29, 0.717) is 11.5 Å². The van der Waals surface area contributed by atoms with Crippen LogP contribution in [0, 0.1) is 12.8 Å². The minimum Gasteiger partial charge on any atom is -0.386 e. The average molecular weight is 516 g/mol. The highest BCUT2D eigenvalue weighted by Gasteiger charge is 2.40. The molecule has 198 valence electrons. The molecule has 36 heavy (non-hydrogen) atoms. The maximum Gasteiger partial charge on any atom is 0.253 e. The van der Waals surface area contributed by atoms with Gasteiger partial charge in [0, 0.05) is 24.5 Å². The Morgan fingerprint density at radius 2 is 1.83 bits per heavy atom. The lowest BCUT2D eigenvalue weighted by Gasteiger charge is -2.25. The third kappa shape index (κ3) is 6.21. The highest BCUT2D eigenvalue weighted by atomic mass is 32.2. The summed E-state index contributed by atoms with van der Waals surface area (Å²) in [4.78, 5) is 13.1. The number of aliphatic hydroxyl groups is 1. The number of rotatable bonds is 9. The van der Waals surface area contributed by atoms with Gasteiger partial charge in [-0.3, -0.25) is 4.79 Å². The third-order valence-electron chi connectivity index (χ3n) is 8.08. The van der Waals surface area contributed by atoms with Crippen LogP contribution in [0.2, 0.25) is 0 Å². The van der Waals surface area contributed by atoms with Crippen LogP contribution in [0.4, 0.5) is 0 Å². The first kappa shape index (κ1) is 26.9. The molecule has 8 heteroatoms. The van der Waals surface area contributed by atoms with Crippen molar-refractivity contribution in [3.63, 3.8) is 0 Å². The lowest BCUT2D eigenvalue weighted by atomic mass is 9.87. The molecule has 0 atom stereocenters. The Morgan fingerprint density at radius 1 is 1.17 bits per heavy atom. The summed E-state index contributed by atoms with van der Waals surface area (Å²) < 4.78 is 24.9. The fourth-order valence-electron chi connectivity index (χ4n) is 5.33. The molecule has 2 aliphatic carbocycles. The average Bonchev–Trinajstić information content (AvgIpc) is 3.47. The topological polar surface area (TPSA) is 114 Å². The van der Waals surface area contributed by atoms with Crippen molar-refractivity contribution in [3.05, 3.63) is 46.6 Å². The van der Waals surface area contributed by atoms with Crippen molar-refractivity contribution < 1.29 is 18.3 Å². The van der Waals surface area contributed by atoms with Crippen molar-refractivity contribution >= 4 is 15.9 Å². The van der Waals surface area contributed by atoms with E-state index in [4.69, 9.17) is 5.14 Å². The van der Waals surface area contributed by atoms with E-state index in [1.54, 1.807) is 0 Å². The normalized spacial score (nSPS) is 18.3. The van der Waals surface area contributed by atoms with Gasteiger partial charge in [-0.15, -0.1) is 0 Å². The smallest absolute Gasteiger partial charge is 0.253 e. The van der Waals surface area contributed by atoms with Crippen molar-refractivity contribution in [2.75, 3.05) is 12.3 Å². The minimum atomic E-state index is -3.65. The molecule has 0 unspecified atom stereocenters. The van der Waals surface area contributed by atoms with Gasteiger partial charge in [-0.1, -0.05) is 32.3 Å². The number of nitrogens with one attached hydrogen (secondary N) is 1. The zero-order valence-corrected chi connectivity index (χ0v) is 22.9. The molecule has 7 nitrogen and oxygen atoms in total. The Bertz CT molecular complexity index is 1210. The molecule has 0 saturated heterocycles. The molecule has 2 saturated carbocycles. The molecule has 2 aliphatic rings. The number of hydrogen-bond donors (Lipinski definition) is 3. The van der Waals surface area contributed by atoms with E-state index in [1.807, 2.05) is 32.9 Å². The van der Waals surface area contributed by atoms with Gasteiger partial charge in [-0.05, 0) is 92.7 Å². The molecule has 0 spiro atoms. The second-order valence-corrected chi connectivity index (χ2v) is 13.4. The van der Waals surface area contributed by atoms with Crippen LogP contribution in [0.5, 0.6) is 0 Å². The van der Waals surface area contributed by atoms with Gasteiger partial charge in [0.05, 0.1) is 16.9 Å². The predicted octanol–water partition coefficient (Wildman–Crippen LogP) is 4.34. The molecular weight excluding hydrogens is 474 g/mol. The SMILES string of the molecule is Cc1c(C(=O)NCCS(N)(=O)=O)cc(-c2cc(C(C)(C)O)cc(C3(C)CC3)c2)n1CC1CCCCC1. The number of benzene rings is 1. The number of hydrogen-bond acceptors (Lipinski definition) is 4. The largest absolute Gasteiger partial charge is 0.386 e. The zero-order valence-electron chi connectivity index (χ0n) is 22.1. The van der Waals surface area contributed by atoms with Crippen molar-refractivity contribution in [3.8, 4) is 11.3 Å². The van der Waals surface area contributed by atoms with Crippen LogP contribution in [-0.4, -0.2) is 36.3 Å². The standard InChI is InChI=1S/C28H41N3O4S/c1-19-24(26(32)30-12-13-36(29,34)35)17-25(31(19)18-20-8-6-5-7-9-20)21-14-22(27(2,3)33)16-23(15-21)28(4)10-11-28/h14-17,20,33H,5-13,18H2,1-4H3,(H,30,32)(H2,29,34,35). The number of carbonyl (C=O) groups excluding carboxylic acids is 1. The first-order chi connectivity index (χ1) is 16.8. The highest BCUT2D eigenvalue weighted by Crippen LogP contribution is 2.49. The van der Waals surface area contributed by atoms with E-state index < -0.39 is 15.6 Å². The van der Waals surface area contributed by atoms with Gasteiger partial charge < -0.3 is 15.0 Å². The molecule has 4 rings (SSSR count). The van der Waals surface area contributed by atoms with Gasteiger partial charge in [0.2, 0.25) is 10.0 Å². The van der Waals surface area contributed by atoms with Gasteiger partial charge in [0.25, 0.3) is 5.91 Å². The second kappa shape index (κ2) is 9.95. The van der Waals surface area contributed by atoms with Crippen molar-refractivity contribution in [1.29, 1.82) is 0 Å². The van der Waals surface area contributed by atoms with E-state index in [0.717, 1.165) is 41.9 Å². The van der Waals surface area contributed by atoms with Gasteiger partial charge in [0.1, 0.15) is 0 Å². The second-order valence-electron chi connectivity index (χ2n) is 11.7. The highest BCUT2D eigenvalue weighted by molar-refractivity contribution is 7.89. The zero-order chi connectivity index (χ0) is 26.3. The molecular formula is C28H41N3O4S. The van der Waals surface area contributed by atoms with E-state index in [9.17, 15) is 18.3 Å². The van der Waals surface area contributed by atoms with Crippen molar-refractivity contribution in [2.24, 2.45) is 11.1 Å². The quantitative estimate of drug-likeness (QED) is 0.461. The van der Waals surface area contributed by atoms with Gasteiger partial charge in [0.15, 0.2) is 0 Å². The summed E-state index contributed by atoms with van der Waals surface area (Å²) >= 11 is 0. The lowest BCUT2D eigenvalue weighted by Crippen LogP contribution is -2.31. The molecule has 4 N–H and O–H groups in total. The number of nitrogens with two attached hydrogens (primary N) is 1. The summed E-state index contributed by atoms with van der Waals surface area (Å²) in [6, 6.07) is 8.31. The van der Waals surface area contributed by atoms with E-state index in [2.05, 4.69) is 28.9 Å². The number of primary sulfonamides is 1. The summed E-state index contributed by atoms with van der Waals surface area (Å²) in [5.74, 6) is -0.0455. The third-order valence-corrected chi connectivity index (χ3v) is 8.85. The number of aromatic nitrogens is 1. The first-order valence-electron chi connectivity index (χ1n) is 13.1. The van der Waals surface area contributed by atoms with Crippen LogP contribution >= 0.6 is 0 Å². The summed E-state index contributed by atoms with van der Waals surface area (Å²) in [6.07, 6.45) is 8.36. The van der Waals surface area contributed by atoms with Crippen LogP contribution in [-0.2, 0) is 27.6 Å². The van der Waals surface area contributed by atoms with Crippen LogP contribution in [0.1, 0.15) is 92.9 Å². The molecule has 1 amide bonds. The summed E-state index contributed by atoms with van der Waals surface area (Å²) in [7, 11) is -3.65. The molecule has 1 aromatic heterocycles. The molecule has 0 bridgehead atoms. The van der Waals surface area contributed by atoms with Crippen LogP contribution in [0.15, 0.2) is 24.3 Å². The number of amides is 1.